The van der Waals surface area contributed by atoms with E-state index >= 15 is 0 Å². The van der Waals surface area contributed by atoms with Crippen LogP contribution in [-0.4, -0.2) is 29.9 Å². The molecule has 28 heavy (non-hydrogen) atoms. The number of amides is 1. The van der Waals surface area contributed by atoms with Crippen LogP contribution < -0.4 is 0 Å². The van der Waals surface area contributed by atoms with Gasteiger partial charge < -0.3 is 9.64 Å². The second-order valence-electron chi connectivity index (χ2n) is 7.35. The van der Waals surface area contributed by atoms with Gasteiger partial charge in [0.2, 0.25) is 0 Å². The van der Waals surface area contributed by atoms with Gasteiger partial charge in [0.05, 0.1) is 12.1 Å². The van der Waals surface area contributed by atoms with Gasteiger partial charge >= 0.3 is 5.97 Å². The van der Waals surface area contributed by atoms with Crippen molar-refractivity contribution in [3.8, 4) is 11.1 Å². The Labute approximate surface area is 167 Å². The number of carbonyl (C=O) groups is 2. The minimum Gasteiger partial charge on any atom is -0.449 e. The van der Waals surface area contributed by atoms with Crippen molar-refractivity contribution in [1.29, 1.82) is 0 Å². The molecule has 4 nitrogen and oxygen atoms in total. The monoisotopic (exact) mass is 389 g/mol. The molecule has 1 fully saturated rings. The highest BCUT2D eigenvalue weighted by atomic mass is 32.1. The normalized spacial score (nSPS) is 20.9. The van der Waals surface area contributed by atoms with Crippen LogP contribution in [-0.2, 0) is 10.3 Å². The summed E-state index contributed by atoms with van der Waals surface area (Å²) in [6, 6.07) is 17.3. The number of hydrogen-bond donors (Lipinski definition) is 0. The van der Waals surface area contributed by atoms with Crippen molar-refractivity contribution in [3.63, 3.8) is 0 Å². The third-order valence-electron chi connectivity index (χ3n) is 5.65. The topological polar surface area (TPSA) is 46.6 Å². The molecule has 1 saturated heterocycles. The van der Waals surface area contributed by atoms with Gasteiger partial charge in [-0.3, -0.25) is 4.79 Å². The average molecular weight is 389 g/mol. The zero-order chi connectivity index (χ0) is 19.1. The van der Waals surface area contributed by atoms with Gasteiger partial charge in [-0.1, -0.05) is 30.3 Å². The summed E-state index contributed by atoms with van der Waals surface area (Å²) in [5.41, 5.74) is 3.75. The van der Waals surface area contributed by atoms with Gasteiger partial charge in [-0.25, -0.2) is 4.79 Å². The molecule has 0 aliphatic carbocycles. The first kappa shape index (κ1) is 17.2. The SMILES string of the molecule is O=C1O[C@]2(CCCN(C(=O)c3ccc(-c4ccsc4)cc3)C2)c2ccccc21. The maximum Gasteiger partial charge on any atom is 0.339 e. The Hall–Kier alpha value is -2.92. The van der Waals surface area contributed by atoms with Crippen molar-refractivity contribution in [2.24, 2.45) is 0 Å². The average Bonchev–Trinajstić information content (AvgIpc) is 3.36. The van der Waals surface area contributed by atoms with Crippen molar-refractivity contribution >= 4 is 23.2 Å². The Bertz CT molecular complexity index is 1040. The van der Waals surface area contributed by atoms with Gasteiger partial charge in [0.1, 0.15) is 0 Å². The van der Waals surface area contributed by atoms with E-state index in [1.807, 2.05) is 52.7 Å². The number of thiophene rings is 1. The third-order valence-corrected chi connectivity index (χ3v) is 6.34. The van der Waals surface area contributed by atoms with E-state index in [0.717, 1.165) is 29.5 Å². The number of rotatable bonds is 2. The lowest BCUT2D eigenvalue weighted by molar-refractivity contribution is -0.0442. The molecule has 0 saturated carbocycles. The fraction of sp³-hybridized carbons (Fsp3) is 0.217. The number of nitrogens with zero attached hydrogens (tertiary/aromatic N) is 1. The van der Waals surface area contributed by atoms with E-state index in [0.29, 0.717) is 24.2 Å². The Morgan fingerprint density at radius 1 is 1.04 bits per heavy atom. The molecular formula is C23H19NO3S. The molecule has 1 amide bonds. The number of piperidine rings is 1. The van der Waals surface area contributed by atoms with Crippen molar-refractivity contribution in [2.75, 3.05) is 13.1 Å². The van der Waals surface area contributed by atoms with Crippen LogP contribution in [0.1, 0.15) is 39.1 Å². The predicted octanol–water partition coefficient (Wildman–Crippen LogP) is 4.72. The number of fused-ring (bicyclic) bond motifs is 2. The van der Waals surface area contributed by atoms with Crippen molar-refractivity contribution in [3.05, 3.63) is 82.0 Å². The molecule has 2 aliphatic heterocycles. The lowest BCUT2D eigenvalue weighted by atomic mass is 9.85. The first-order valence-corrected chi connectivity index (χ1v) is 10.4. The third kappa shape index (κ3) is 2.74. The largest absolute Gasteiger partial charge is 0.449 e. The Balaban J connectivity index is 1.40. The molecule has 5 rings (SSSR count). The Kier molecular flexibility index (Phi) is 4.05. The number of esters is 1. The molecule has 140 valence electrons. The molecule has 0 unspecified atom stereocenters. The molecule has 0 bridgehead atoms. The smallest absolute Gasteiger partial charge is 0.339 e. The number of hydrogen-bond acceptors (Lipinski definition) is 4. The fourth-order valence-corrected chi connectivity index (χ4v) is 4.93. The lowest BCUT2D eigenvalue weighted by Gasteiger charge is -2.39. The summed E-state index contributed by atoms with van der Waals surface area (Å²) in [5, 5.41) is 4.14. The zero-order valence-corrected chi connectivity index (χ0v) is 16.1. The van der Waals surface area contributed by atoms with E-state index in [4.69, 9.17) is 4.74 Å². The molecule has 0 radical (unpaired) electrons. The zero-order valence-electron chi connectivity index (χ0n) is 15.3. The van der Waals surface area contributed by atoms with Gasteiger partial charge in [0.15, 0.2) is 5.60 Å². The van der Waals surface area contributed by atoms with Gasteiger partial charge in [0.25, 0.3) is 5.91 Å². The predicted molar refractivity (Wildman–Crippen MR) is 108 cm³/mol. The molecule has 1 atom stereocenters. The standard InChI is InChI=1S/C23H19NO3S/c25-21(17-8-6-16(7-9-17)18-10-13-28-14-18)24-12-3-11-23(15-24)20-5-2-1-4-19(20)22(26)27-23/h1-2,4-10,13-14H,3,11-12,15H2/t23-/m0/s1. The molecular weight excluding hydrogens is 370 g/mol. The first-order valence-electron chi connectivity index (χ1n) is 9.41. The van der Waals surface area contributed by atoms with E-state index in [9.17, 15) is 9.59 Å². The van der Waals surface area contributed by atoms with Crippen LogP contribution >= 0.6 is 11.3 Å². The molecule has 2 aromatic carbocycles. The molecule has 5 heteroatoms. The quantitative estimate of drug-likeness (QED) is 0.596. The van der Waals surface area contributed by atoms with Gasteiger partial charge in [0, 0.05) is 17.7 Å². The summed E-state index contributed by atoms with van der Waals surface area (Å²) in [5.74, 6) is -0.304. The highest BCUT2D eigenvalue weighted by Gasteiger charge is 2.48. The van der Waals surface area contributed by atoms with Crippen LogP contribution in [0.15, 0.2) is 65.4 Å². The molecule has 1 aromatic heterocycles. The minimum absolute atomic E-state index is 0.0172. The van der Waals surface area contributed by atoms with Crippen molar-refractivity contribution < 1.29 is 14.3 Å². The summed E-state index contributed by atoms with van der Waals surface area (Å²) in [6.45, 7) is 1.08. The second-order valence-corrected chi connectivity index (χ2v) is 8.13. The summed E-state index contributed by atoms with van der Waals surface area (Å²) < 4.78 is 5.81. The van der Waals surface area contributed by atoms with E-state index < -0.39 is 5.60 Å². The highest BCUT2D eigenvalue weighted by Crippen LogP contribution is 2.43. The Morgan fingerprint density at radius 2 is 1.86 bits per heavy atom. The minimum atomic E-state index is -0.710. The van der Waals surface area contributed by atoms with Crippen LogP contribution in [0.4, 0.5) is 0 Å². The number of likely N-dealkylation sites (tertiary alicyclic amines) is 1. The molecule has 3 heterocycles. The summed E-state index contributed by atoms with van der Waals surface area (Å²) in [6.07, 6.45) is 1.55. The molecule has 1 spiro atoms. The van der Waals surface area contributed by atoms with Crippen LogP contribution in [0.2, 0.25) is 0 Å². The van der Waals surface area contributed by atoms with Crippen molar-refractivity contribution in [2.45, 2.75) is 18.4 Å². The molecule has 0 N–H and O–H groups in total. The maximum absolute atomic E-state index is 13.1. The van der Waals surface area contributed by atoms with Crippen LogP contribution in [0.5, 0.6) is 0 Å². The highest BCUT2D eigenvalue weighted by molar-refractivity contribution is 7.08. The van der Waals surface area contributed by atoms with Crippen molar-refractivity contribution in [1.82, 2.24) is 4.90 Å². The van der Waals surface area contributed by atoms with Crippen LogP contribution in [0.25, 0.3) is 11.1 Å². The summed E-state index contributed by atoms with van der Waals surface area (Å²) in [7, 11) is 0. The summed E-state index contributed by atoms with van der Waals surface area (Å²) in [4.78, 5) is 27.2. The second kappa shape index (κ2) is 6.60. The van der Waals surface area contributed by atoms with Gasteiger partial charge in [-0.2, -0.15) is 11.3 Å². The van der Waals surface area contributed by atoms with E-state index in [1.54, 1.807) is 17.4 Å². The number of ether oxygens (including phenoxy) is 1. The molecule has 2 aliphatic rings. The fourth-order valence-electron chi connectivity index (χ4n) is 4.26. The Morgan fingerprint density at radius 3 is 2.64 bits per heavy atom. The maximum atomic E-state index is 13.1. The molecule has 3 aromatic rings. The lowest BCUT2D eigenvalue weighted by Crippen LogP contribution is -2.48. The van der Waals surface area contributed by atoms with E-state index in [1.165, 1.54) is 0 Å². The summed E-state index contributed by atoms with van der Waals surface area (Å²) >= 11 is 1.66. The van der Waals surface area contributed by atoms with E-state index in [-0.39, 0.29) is 11.9 Å². The van der Waals surface area contributed by atoms with Crippen LogP contribution in [0, 0.1) is 0 Å². The van der Waals surface area contributed by atoms with E-state index in [2.05, 4.69) is 11.4 Å². The number of benzene rings is 2. The number of carbonyl (C=O) groups excluding carboxylic acids is 2. The van der Waals surface area contributed by atoms with Gasteiger partial charge in [-0.15, -0.1) is 0 Å². The van der Waals surface area contributed by atoms with Gasteiger partial charge in [-0.05, 0) is 59.0 Å². The van der Waals surface area contributed by atoms with Crippen LogP contribution in [0.3, 0.4) is 0 Å². The first-order chi connectivity index (χ1) is 13.7.